The van der Waals surface area contributed by atoms with Crippen LogP contribution in [0.5, 0.6) is 11.5 Å². The average Bonchev–Trinajstić information content (AvgIpc) is 3.43. The van der Waals surface area contributed by atoms with Gasteiger partial charge in [0.2, 0.25) is 0 Å². The van der Waals surface area contributed by atoms with Crippen molar-refractivity contribution >= 4 is 23.3 Å². The van der Waals surface area contributed by atoms with E-state index in [4.69, 9.17) is 4.74 Å². The van der Waals surface area contributed by atoms with Gasteiger partial charge in [-0.1, -0.05) is 6.07 Å². The number of pyridine rings is 1. The minimum atomic E-state index is -0.550. The number of hydrogen-bond acceptors (Lipinski definition) is 4. The number of aromatic amines is 1. The molecule has 0 saturated carbocycles. The number of likely N-dealkylation sites (tertiary alicyclic amines) is 1. The van der Waals surface area contributed by atoms with Crippen molar-refractivity contribution in [3.8, 4) is 22.9 Å². The lowest BCUT2D eigenvalue weighted by Gasteiger charge is -2.26. The lowest BCUT2D eigenvalue weighted by Crippen LogP contribution is -2.35. The molecule has 0 spiro atoms. The lowest BCUT2D eigenvalue weighted by atomic mass is 10.1. The Hall–Kier alpha value is -4.66. The van der Waals surface area contributed by atoms with Crippen molar-refractivity contribution in [2.75, 3.05) is 23.7 Å². The summed E-state index contributed by atoms with van der Waals surface area (Å²) in [7, 11) is 0. The van der Waals surface area contributed by atoms with E-state index in [0.29, 0.717) is 28.4 Å². The molecule has 1 fully saturated rings. The topological polar surface area (TPSA) is 99.3 Å². The monoisotopic (exact) mass is 513 g/mol. The van der Waals surface area contributed by atoms with Gasteiger partial charge in [-0.05, 0) is 80.3 Å². The SMILES string of the molecule is Cc1ccc(F)c(NC(=O)Nc2ccc(Oc3ccnc(-c4cc(C(=O)N5CCCCC5)c[nH]4)c3)cc2)c1. The van der Waals surface area contributed by atoms with E-state index in [-0.39, 0.29) is 11.6 Å². The molecule has 3 amide bonds. The second-order valence-electron chi connectivity index (χ2n) is 9.22. The maximum Gasteiger partial charge on any atom is 0.323 e. The quantitative estimate of drug-likeness (QED) is 0.271. The number of nitrogens with one attached hydrogen (secondary N) is 3. The van der Waals surface area contributed by atoms with Gasteiger partial charge in [0.25, 0.3) is 5.91 Å². The first-order valence-corrected chi connectivity index (χ1v) is 12.5. The van der Waals surface area contributed by atoms with Crippen LogP contribution >= 0.6 is 0 Å². The Morgan fingerprint density at radius 1 is 0.947 bits per heavy atom. The molecule has 194 valence electrons. The van der Waals surface area contributed by atoms with E-state index < -0.39 is 11.8 Å². The number of carbonyl (C=O) groups is 2. The van der Waals surface area contributed by atoms with Crippen LogP contribution in [0.15, 0.2) is 73.1 Å². The van der Waals surface area contributed by atoms with E-state index in [1.807, 2.05) is 17.9 Å². The van der Waals surface area contributed by atoms with Gasteiger partial charge in [-0.15, -0.1) is 0 Å². The Kier molecular flexibility index (Phi) is 7.35. The Balaban J connectivity index is 1.20. The highest BCUT2D eigenvalue weighted by atomic mass is 19.1. The maximum atomic E-state index is 13.9. The summed E-state index contributed by atoms with van der Waals surface area (Å²) in [6.07, 6.45) is 6.62. The van der Waals surface area contributed by atoms with E-state index in [0.717, 1.165) is 37.2 Å². The number of aryl methyl sites for hydroxylation is 1. The van der Waals surface area contributed by atoms with Crippen LogP contribution in [0.2, 0.25) is 0 Å². The maximum absolute atomic E-state index is 13.9. The molecular formula is C29H28FN5O3. The number of anilines is 2. The minimum Gasteiger partial charge on any atom is -0.457 e. The second kappa shape index (κ2) is 11.2. The third-order valence-electron chi connectivity index (χ3n) is 6.30. The molecule has 1 aliphatic heterocycles. The molecule has 1 aliphatic rings. The molecule has 0 unspecified atom stereocenters. The fourth-order valence-corrected chi connectivity index (χ4v) is 4.33. The van der Waals surface area contributed by atoms with Crippen LogP contribution in [0, 0.1) is 12.7 Å². The molecule has 9 heteroatoms. The predicted octanol–water partition coefficient (Wildman–Crippen LogP) is 6.59. The lowest BCUT2D eigenvalue weighted by molar-refractivity contribution is 0.0724. The Morgan fingerprint density at radius 2 is 1.74 bits per heavy atom. The van der Waals surface area contributed by atoms with Gasteiger partial charge >= 0.3 is 6.03 Å². The third kappa shape index (κ3) is 6.00. The number of halogens is 1. The van der Waals surface area contributed by atoms with Crippen LogP contribution < -0.4 is 15.4 Å². The number of urea groups is 1. The molecule has 3 N–H and O–H groups in total. The van der Waals surface area contributed by atoms with Gasteiger partial charge in [0, 0.05) is 37.2 Å². The second-order valence-corrected chi connectivity index (χ2v) is 9.22. The van der Waals surface area contributed by atoms with Crippen LogP contribution in [-0.4, -0.2) is 39.9 Å². The molecule has 0 bridgehead atoms. The van der Waals surface area contributed by atoms with E-state index >= 15 is 0 Å². The number of aromatic nitrogens is 2. The zero-order chi connectivity index (χ0) is 26.5. The molecule has 5 rings (SSSR count). The Labute approximate surface area is 219 Å². The van der Waals surface area contributed by atoms with Crippen molar-refractivity contribution in [2.45, 2.75) is 26.2 Å². The van der Waals surface area contributed by atoms with Crippen LogP contribution in [0.4, 0.5) is 20.6 Å². The van der Waals surface area contributed by atoms with E-state index in [2.05, 4.69) is 20.6 Å². The molecule has 2 aromatic carbocycles. The average molecular weight is 514 g/mol. The van der Waals surface area contributed by atoms with Gasteiger partial charge in [-0.2, -0.15) is 0 Å². The van der Waals surface area contributed by atoms with Crippen molar-refractivity contribution in [1.29, 1.82) is 0 Å². The number of hydrogen-bond donors (Lipinski definition) is 3. The van der Waals surface area contributed by atoms with Crippen molar-refractivity contribution in [2.24, 2.45) is 0 Å². The molecule has 0 atom stereocenters. The third-order valence-corrected chi connectivity index (χ3v) is 6.30. The summed E-state index contributed by atoms with van der Waals surface area (Å²) in [6.45, 7) is 3.41. The summed E-state index contributed by atoms with van der Waals surface area (Å²) < 4.78 is 19.9. The first-order chi connectivity index (χ1) is 18.4. The normalized spacial score (nSPS) is 13.2. The van der Waals surface area contributed by atoms with Crippen LogP contribution in [0.3, 0.4) is 0 Å². The molecule has 8 nitrogen and oxygen atoms in total. The number of nitrogens with zero attached hydrogens (tertiary/aromatic N) is 2. The number of benzene rings is 2. The molecule has 4 aromatic rings. The summed E-state index contributed by atoms with van der Waals surface area (Å²) in [5.41, 5.74) is 3.47. The van der Waals surface area contributed by atoms with Gasteiger partial charge in [-0.25, -0.2) is 9.18 Å². The van der Waals surface area contributed by atoms with E-state index in [9.17, 15) is 14.0 Å². The van der Waals surface area contributed by atoms with Gasteiger partial charge in [-0.3, -0.25) is 9.78 Å². The van der Waals surface area contributed by atoms with Crippen LogP contribution in [0.1, 0.15) is 35.2 Å². The summed E-state index contributed by atoms with van der Waals surface area (Å²) in [5, 5.41) is 5.19. The number of ether oxygens (including phenoxy) is 1. The summed E-state index contributed by atoms with van der Waals surface area (Å²) >= 11 is 0. The molecule has 1 saturated heterocycles. The summed E-state index contributed by atoms with van der Waals surface area (Å²) in [4.78, 5) is 34.5. The van der Waals surface area contributed by atoms with Crippen molar-refractivity contribution in [3.63, 3.8) is 0 Å². The van der Waals surface area contributed by atoms with Gasteiger partial charge in [0.1, 0.15) is 17.3 Å². The fraction of sp³-hybridized carbons (Fsp3) is 0.207. The van der Waals surface area contributed by atoms with E-state index in [1.54, 1.807) is 60.9 Å². The van der Waals surface area contributed by atoms with Gasteiger partial charge in [0.15, 0.2) is 0 Å². The first kappa shape index (κ1) is 25.0. The summed E-state index contributed by atoms with van der Waals surface area (Å²) in [5.74, 6) is 0.661. The fourth-order valence-electron chi connectivity index (χ4n) is 4.33. The molecule has 2 aromatic heterocycles. The summed E-state index contributed by atoms with van der Waals surface area (Å²) in [6, 6.07) is 16.1. The Bertz CT molecular complexity index is 1440. The van der Waals surface area contributed by atoms with Gasteiger partial charge < -0.3 is 25.3 Å². The number of amides is 3. The first-order valence-electron chi connectivity index (χ1n) is 12.5. The standard InChI is InChI=1S/C29H28FN5O3/c1-19-5-10-24(30)25(15-19)34-29(37)33-21-6-8-22(9-7-21)38-23-11-12-31-27(17-23)26-16-20(18-32-26)28(36)35-13-3-2-4-14-35/h5-12,15-18,32H,2-4,13-14H2,1H3,(H2,33,34,37). The van der Waals surface area contributed by atoms with Crippen LogP contribution in [-0.2, 0) is 0 Å². The molecule has 3 heterocycles. The molecule has 0 aliphatic carbocycles. The number of rotatable bonds is 6. The van der Waals surface area contributed by atoms with Crippen molar-refractivity contribution in [1.82, 2.24) is 14.9 Å². The molecule has 38 heavy (non-hydrogen) atoms. The number of piperidine rings is 1. The van der Waals surface area contributed by atoms with Crippen molar-refractivity contribution in [3.05, 3.63) is 90.0 Å². The highest BCUT2D eigenvalue weighted by Gasteiger charge is 2.19. The molecule has 0 radical (unpaired) electrons. The molecular weight excluding hydrogens is 485 g/mol. The van der Waals surface area contributed by atoms with Gasteiger partial charge in [0.05, 0.1) is 22.6 Å². The minimum absolute atomic E-state index is 0.0333. The van der Waals surface area contributed by atoms with Crippen molar-refractivity contribution < 1.29 is 18.7 Å². The van der Waals surface area contributed by atoms with Crippen LogP contribution in [0.25, 0.3) is 11.4 Å². The zero-order valence-corrected chi connectivity index (χ0v) is 21.0. The smallest absolute Gasteiger partial charge is 0.323 e. The number of carbonyl (C=O) groups excluding carboxylic acids is 2. The highest BCUT2D eigenvalue weighted by molar-refractivity contribution is 6.00. The predicted molar refractivity (Wildman–Crippen MR) is 144 cm³/mol. The Morgan fingerprint density at radius 3 is 2.53 bits per heavy atom. The highest BCUT2D eigenvalue weighted by Crippen LogP contribution is 2.27. The largest absolute Gasteiger partial charge is 0.457 e. The van der Waals surface area contributed by atoms with E-state index in [1.165, 1.54) is 12.5 Å². The zero-order valence-electron chi connectivity index (χ0n) is 21.0. The number of H-pyrrole nitrogens is 1.